The maximum Gasteiger partial charge on any atom is 0.333 e. The molecule has 0 bridgehead atoms. The van der Waals surface area contributed by atoms with Gasteiger partial charge in [0.05, 0.1) is 40.2 Å². The summed E-state index contributed by atoms with van der Waals surface area (Å²) in [6.45, 7) is 34.4. The number of hydrogen-bond acceptors (Lipinski definition) is 9. The predicted molar refractivity (Wildman–Crippen MR) is 211 cm³/mol. The molecule has 0 aliphatic heterocycles. The van der Waals surface area contributed by atoms with Crippen molar-refractivity contribution in [3.8, 4) is 0 Å². The molecule has 0 aliphatic rings. The minimum absolute atomic E-state index is 0.0859. The molecule has 2 atom stereocenters. The molecule has 0 aromatic carbocycles. The van der Waals surface area contributed by atoms with Gasteiger partial charge >= 0.3 is 5.97 Å². The average Bonchev–Trinajstić information content (AvgIpc) is 3.56. The summed E-state index contributed by atoms with van der Waals surface area (Å²) in [7, 11) is -3.86. The Labute approximate surface area is 301 Å². The molecule has 48 heavy (non-hydrogen) atoms. The van der Waals surface area contributed by atoms with Gasteiger partial charge in [-0.1, -0.05) is 47.6 Å². The van der Waals surface area contributed by atoms with Gasteiger partial charge in [0.1, 0.15) is 6.29 Å². The van der Waals surface area contributed by atoms with Gasteiger partial charge in [-0.05, 0) is 108 Å². The highest BCUT2D eigenvalue weighted by molar-refractivity contribution is 7.09. The second-order valence-corrected chi connectivity index (χ2v) is 27.0. The largest absolute Gasteiger partial charge is 0.463 e. The summed E-state index contributed by atoms with van der Waals surface area (Å²) in [6.07, 6.45) is 7.81. The molecular formula is C37H62N2O5S2Si2. The van der Waals surface area contributed by atoms with Crippen LogP contribution in [0.4, 0.5) is 0 Å². The summed E-state index contributed by atoms with van der Waals surface area (Å²) in [5.41, 5.74) is 4.72. The van der Waals surface area contributed by atoms with E-state index in [1.807, 2.05) is 45.2 Å². The molecule has 2 aromatic heterocycles. The Morgan fingerprint density at radius 3 is 1.50 bits per heavy atom. The van der Waals surface area contributed by atoms with Gasteiger partial charge in [-0.15, -0.1) is 22.7 Å². The van der Waals surface area contributed by atoms with E-state index in [9.17, 15) is 9.59 Å². The Kier molecular flexibility index (Phi) is 17.3. The molecule has 0 radical (unpaired) electrons. The monoisotopic (exact) mass is 734 g/mol. The van der Waals surface area contributed by atoms with E-state index in [-0.39, 0.29) is 28.3 Å². The van der Waals surface area contributed by atoms with Crippen LogP contribution in [-0.2, 0) is 23.2 Å². The molecule has 7 nitrogen and oxygen atoms in total. The van der Waals surface area contributed by atoms with Gasteiger partial charge in [0.2, 0.25) is 0 Å². The highest BCUT2D eigenvalue weighted by atomic mass is 32.1. The Hall–Kier alpha value is -2.03. The summed E-state index contributed by atoms with van der Waals surface area (Å²) < 4.78 is 18.2. The molecular weight excluding hydrogens is 673 g/mol. The van der Waals surface area contributed by atoms with E-state index in [1.165, 1.54) is 0 Å². The zero-order valence-electron chi connectivity index (χ0n) is 32.5. The van der Waals surface area contributed by atoms with Crippen molar-refractivity contribution in [2.75, 3.05) is 6.61 Å². The first-order valence-electron chi connectivity index (χ1n) is 16.8. The number of hydrogen-bond donors (Lipinski definition) is 0. The summed E-state index contributed by atoms with van der Waals surface area (Å²) in [6, 6.07) is 0. The van der Waals surface area contributed by atoms with Crippen LogP contribution in [0.5, 0.6) is 0 Å². The number of aryl methyl sites for hydroxylation is 2. The minimum atomic E-state index is -1.96. The highest BCUT2D eigenvalue weighted by Gasteiger charge is 2.40. The molecule has 0 unspecified atom stereocenters. The fourth-order valence-corrected chi connectivity index (χ4v) is 7.80. The van der Waals surface area contributed by atoms with Crippen LogP contribution in [0.2, 0.25) is 36.3 Å². The lowest BCUT2D eigenvalue weighted by Gasteiger charge is -2.39. The number of aromatic nitrogens is 2. The first kappa shape index (κ1) is 44.0. The molecule has 270 valence electrons. The molecule has 0 amide bonds. The van der Waals surface area contributed by atoms with Crippen molar-refractivity contribution in [1.82, 2.24) is 9.97 Å². The predicted octanol–water partition coefficient (Wildman–Crippen LogP) is 11.0. The van der Waals surface area contributed by atoms with Crippen LogP contribution in [0.25, 0.3) is 12.2 Å². The molecule has 0 fully saturated rings. The molecule has 2 aromatic rings. The first-order chi connectivity index (χ1) is 21.9. The van der Waals surface area contributed by atoms with Crippen LogP contribution in [0.3, 0.4) is 0 Å². The smallest absolute Gasteiger partial charge is 0.333 e. The maximum absolute atomic E-state index is 11.9. The zero-order valence-corrected chi connectivity index (χ0v) is 36.1. The summed E-state index contributed by atoms with van der Waals surface area (Å²) in [4.78, 5) is 31.9. The Morgan fingerprint density at radius 2 is 1.19 bits per heavy atom. The number of rotatable bonds is 14. The lowest BCUT2D eigenvalue weighted by Crippen LogP contribution is -2.44. The normalized spacial score (nSPS) is 15.0. The third-order valence-electron chi connectivity index (χ3n) is 9.07. The molecule has 0 spiro atoms. The van der Waals surface area contributed by atoms with Crippen molar-refractivity contribution in [2.24, 2.45) is 0 Å². The van der Waals surface area contributed by atoms with Crippen LogP contribution < -0.4 is 0 Å². The van der Waals surface area contributed by atoms with E-state index >= 15 is 0 Å². The van der Waals surface area contributed by atoms with E-state index in [1.54, 1.807) is 29.6 Å². The van der Waals surface area contributed by atoms with Crippen molar-refractivity contribution < 1.29 is 23.2 Å². The summed E-state index contributed by atoms with van der Waals surface area (Å²) in [5, 5.41) is 6.43. The number of nitrogens with zero attached hydrogens (tertiary/aromatic N) is 2. The van der Waals surface area contributed by atoms with Gasteiger partial charge in [0, 0.05) is 22.8 Å². The van der Waals surface area contributed by atoms with E-state index in [0.29, 0.717) is 25.0 Å². The number of aldehydes is 1. The second kappa shape index (κ2) is 18.8. The first-order valence-corrected chi connectivity index (χ1v) is 24.4. The highest BCUT2D eigenvalue weighted by Crippen LogP contribution is 2.39. The third-order valence-corrected chi connectivity index (χ3v) is 19.6. The van der Waals surface area contributed by atoms with Crippen molar-refractivity contribution >= 4 is 63.7 Å². The number of carbonyl (C=O) groups is 2. The molecule has 0 saturated carbocycles. The molecule has 0 saturated heterocycles. The van der Waals surface area contributed by atoms with Gasteiger partial charge < -0.3 is 18.4 Å². The zero-order chi connectivity index (χ0) is 37.1. The van der Waals surface area contributed by atoms with Gasteiger partial charge in [0.25, 0.3) is 0 Å². The maximum atomic E-state index is 11.9. The van der Waals surface area contributed by atoms with Crippen LogP contribution in [-0.4, -0.2) is 57.7 Å². The van der Waals surface area contributed by atoms with Crippen molar-refractivity contribution in [3.05, 3.63) is 55.0 Å². The van der Waals surface area contributed by atoms with E-state index in [4.69, 9.17) is 13.6 Å². The molecule has 0 aliphatic carbocycles. The standard InChI is InChI=1S/C21H35NO3SSi.C16H27NO2SSi/c1-10-24-20(23)15(2)11-12-19(25-27(8,9)21(5,6)7)16(3)13-18-14-26-17(4)22-18;1-12(10-14-11-20-13(2)17-14)15(8-9-18)19-21(6,7)16(3,4)5/h11,13-14,19H,10,12H2,1-9H3;9-11,15H,8H2,1-7H3/b15-11-,16-13+;12-10+/t19-;15-/m00/s1. The molecule has 2 heterocycles. The molecule has 0 N–H and O–H groups in total. The summed E-state index contributed by atoms with van der Waals surface area (Å²) in [5.74, 6) is -0.264. The number of carbonyl (C=O) groups excluding carboxylic acids is 2. The van der Waals surface area contributed by atoms with Crippen LogP contribution >= 0.6 is 22.7 Å². The second-order valence-electron chi connectivity index (χ2n) is 15.3. The van der Waals surface area contributed by atoms with Crippen LogP contribution in [0, 0.1) is 13.8 Å². The Morgan fingerprint density at radius 1 is 0.792 bits per heavy atom. The number of ether oxygens (including phenoxy) is 1. The van der Waals surface area contributed by atoms with Crippen LogP contribution in [0.1, 0.15) is 103 Å². The topological polar surface area (TPSA) is 87.6 Å². The van der Waals surface area contributed by atoms with Crippen molar-refractivity contribution in [1.29, 1.82) is 0 Å². The Balaban J connectivity index is 0.000000495. The van der Waals surface area contributed by atoms with Gasteiger partial charge in [-0.25, -0.2) is 14.8 Å². The van der Waals surface area contributed by atoms with Gasteiger partial charge in [0.15, 0.2) is 16.6 Å². The molecule has 11 heteroatoms. The quantitative estimate of drug-likeness (QED) is 0.0826. The minimum Gasteiger partial charge on any atom is -0.463 e. The van der Waals surface area contributed by atoms with Crippen molar-refractivity contribution in [3.63, 3.8) is 0 Å². The van der Waals surface area contributed by atoms with E-state index in [0.717, 1.165) is 38.8 Å². The van der Waals surface area contributed by atoms with E-state index < -0.39 is 16.6 Å². The van der Waals surface area contributed by atoms with Crippen LogP contribution in [0.15, 0.2) is 33.6 Å². The molecule has 2 rings (SSSR count). The van der Waals surface area contributed by atoms with E-state index in [2.05, 4.69) is 96.1 Å². The Bertz CT molecular complexity index is 1430. The lowest BCUT2D eigenvalue weighted by atomic mass is 10.1. The van der Waals surface area contributed by atoms with Gasteiger partial charge in [-0.3, -0.25) is 0 Å². The van der Waals surface area contributed by atoms with Gasteiger partial charge in [-0.2, -0.15) is 0 Å². The average molecular weight is 735 g/mol. The number of thiazole rings is 2. The van der Waals surface area contributed by atoms with Crippen molar-refractivity contribution in [2.45, 2.75) is 144 Å². The number of esters is 1. The lowest BCUT2D eigenvalue weighted by molar-refractivity contribution is -0.138. The SMILES string of the molecule is C/C(=C\c1csc(C)n1)[C@H](CC=O)O[Si](C)(C)C(C)(C)C.CCOC(=O)/C(C)=C\C[C@H](O[Si](C)(C)C(C)(C)C)/C(C)=C/c1csc(C)n1. The summed E-state index contributed by atoms with van der Waals surface area (Å²) >= 11 is 3.27. The fraction of sp³-hybridized carbons (Fsp3) is 0.622. The third kappa shape index (κ3) is 14.4. The fourth-order valence-electron chi connectivity index (χ4n) is 3.96.